The van der Waals surface area contributed by atoms with Gasteiger partial charge in [0.05, 0.1) is 11.9 Å². The van der Waals surface area contributed by atoms with Crippen molar-refractivity contribution in [1.82, 2.24) is 20.4 Å². The number of para-hydroxylation sites is 1. The number of aromatic nitrogens is 2. The van der Waals surface area contributed by atoms with E-state index < -0.39 is 6.10 Å². The highest BCUT2D eigenvalue weighted by atomic mass is 16.5. The van der Waals surface area contributed by atoms with E-state index in [1.807, 2.05) is 72.5 Å². The van der Waals surface area contributed by atoms with Gasteiger partial charge in [-0.2, -0.15) is 10.4 Å². The summed E-state index contributed by atoms with van der Waals surface area (Å²) in [4.78, 5) is 12.1. The first-order valence-corrected chi connectivity index (χ1v) is 9.94. The van der Waals surface area contributed by atoms with Gasteiger partial charge in [0.15, 0.2) is 6.10 Å². The molecule has 0 aliphatic heterocycles. The molecule has 0 aliphatic rings. The Morgan fingerprint density at radius 3 is 2.77 bits per heavy atom. The highest BCUT2D eigenvalue weighted by Crippen LogP contribution is 2.15. The van der Waals surface area contributed by atoms with Gasteiger partial charge in [-0.3, -0.25) is 0 Å². The zero-order valence-electron chi connectivity index (χ0n) is 16.9. The van der Waals surface area contributed by atoms with Crippen molar-refractivity contribution >= 4 is 6.03 Å². The smallest absolute Gasteiger partial charge is 0.315 e. The summed E-state index contributed by atoms with van der Waals surface area (Å²) in [6.45, 7) is 2.78. The number of nitriles is 1. The summed E-state index contributed by atoms with van der Waals surface area (Å²) in [5.41, 5.74) is 2.95. The number of nitrogens with zero attached hydrogens (tertiary/aromatic N) is 3. The molecular formula is C23H25N5O2. The maximum Gasteiger partial charge on any atom is 0.315 e. The van der Waals surface area contributed by atoms with Gasteiger partial charge in [-0.05, 0) is 48.2 Å². The van der Waals surface area contributed by atoms with Crippen LogP contribution in [0.25, 0.3) is 5.69 Å². The molecule has 0 fully saturated rings. The third kappa shape index (κ3) is 6.11. The number of benzene rings is 2. The van der Waals surface area contributed by atoms with Crippen molar-refractivity contribution in [1.29, 1.82) is 5.26 Å². The van der Waals surface area contributed by atoms with E-state index in [0.717, 1.165) is 16.8 Å². The zero-order chi connectivity index (χ0) is 21.2. The second-order valence-electron chi connectivity index (χ2n) is 6.78. The molecule has 1 unspecified atom stereocenters. The Balaban J connectivity index is 1.41. The predicted octanol–water partition coefficient (Wildman–Crippen LogP) is 3.60. The molecule has 7 nitrogen and oxygen atoms in total. The van der Waals surface area contributed by atoms with E-state index in [9.17, 15) is 4.79 Å². The summed E-state index contributed by atoms with van der Waals surface area (Å²) in [5.74, 6) is 0.624. The lowest BCUT2D eigenvalue weighted by molar-refractivity contribution is 0.240. The number of amides is 2. The number of carbonyl (C=O) groups excluding carboxylic acids is 1. The fraction of sp³-hybridized carbons (Fsp3) is 0.261. The molecule has 0 bridgehead atoms. The lowest BCUT2D eigenvalue weighted by Crippen LogP contribution is -2.36. The van der Waals surface area contributed by atoms with E-state index in [2.05, 4.69) is 21.8 Å². The summed E-state index contributed by atoms with van der Waals surface area (Å²) in [6.07, 6.45) is 4.61. The van der Waals surface area contributed by atoms with Crippen molar-refractivity contribution < 1.29 is 9.53 Å². The van der Waals surface area contributed by atoms with Gasteiger partial charge in [0, 0.05) is 19.3 Å². The Bertz CT molecular complexity index is 994. The third-order valence-corrected chi connectivity index (χ3v) is 4.50. The molecular weight excluding hydrogens is 378 g/mol. The van der Waals surface area contributed by atoms with E-state index in [1.54, 1.807) is 6.07 Å². The number of carbonyl (C=O) groups is 1. The van der Waals surface area contributed by atoms with Crippen molar-refractivity contribution in [2.45, 2.75) is 32.4 Å². The van der Waals surface area contributed by atoms with Crippen molar-refractivity contribution in [3.05, 3.63) is 78.1 Å². The molecule has 3 rings (SSSR count). The topological polar surface area (TPSA) is 92.0 Å². The van der Waals surface area contributed by atoms with Gasteiger partial charge < -0.3 is 15.4 Å². The Labute approximate surface area is 176 Å². The van der Waals surface area contributed by atoms with Gasteiger partial charge in [-0.1, -0.05) is 37.3 Å². The number of hydrogen-bond donors (Lipinski definition) is 2. The SMILES string of the molecule is CCC(C#N)Oc1cccc(CNC(=O)NCCc2cnn(-c3ccccc3)c2)c1. The van der Waals surface area contributed by atoms with Crippen LogP contribution in [0, 0.1) is 11.3 Å². The predicted molar refractivity (Wildman–Crippen MR) is 114 cm³/mol. The molecule has 2 N–H and O–H groups in total. The van der Waals surface area contributed by atoms with Crippen LogP contribution >= 0.6 is 0 Å². The number of nitrogens with one attached hydrogen (secondary N) is 2. The standard InChI is InChI=1S/C23H25N5O2/c1-2-21(14-24)30-22-10-6-7-18(13-22)15-26-23(29)25-12-11-19-16-27-28(17-19)20-8-4-3-5-9-20/h3-10,13,16-17,21H,2,11-12,15H2,1H3,(H2,25,26,29). The molecule has 7 heteroatoms. The number of ether oxygens (including phenoxy) is 1. The monoisotopic (exact) mass is 403 g/mol. The van der Waals surface area contributed by atoms with Crippen LogP contribution in [0.2, 0.25) is 0 Å². The quantitative estimate of drug-likeness (QED) is 0.571. The minimum atomic E-state index is -0.470. The Morgan fingerprint density at radius 1 is 1.17 bits per heavy atom. The molecule has 2 aromatic carbocycles. The van der Waals surface area contributed by atoms with E-state index in [0.29, 0.717) is 31.7 Å². The Hall–Kier alpha value is -3.79. The average molecular weight is 403 g/mol. The van der Waals surface area contributed by atoms with Gasteiger partial charge in [0.25, 0.3) is 0 Å². The van der Waals surface area contributed by atoms with Crippen LogP contribution in [0.5, 0.6) is 5.75 Å². The molecule has 0 saturated heterocycles. The van der Waals surface area contributed by atoms with Crippen LogP contribution in [-0.4, -0.2) is 28.5 Å². The van der Waals surface area contributed by atoms with Gasteiger partial charge >= 0.3 is 6.03 Å². The fourth-order valence-electron chi connectivity index (χ4n) is 2.87. The molecule has 0 spiro atoms. The first-order valence-electron chi connectivity index (χ1n) is 9.94. The Morgan fingerprint density at radius 2 is 2.00 bits per heavy atom. The molecule has 0 aliphatic carbocycles. The molecule has 3 aromatic rings. The molecule has 154 valence electrons. The minimum Gasteiger partial charge on any atom is -0.476 e. The number of urea groups is 1. The molecule has 2 amide bonds. The average Bonchev–Trinajstić information content (AvgIpc) is 3.26. The summed E-state index contributed by atoms with van der Waals surface area (Å²) < 4.78 is 7.43. The van der Waals surface area contributed by atoms with Crippen LogP contribution in [0.3, 0.4) is 0 Å². The van der Waals surface area contributed by atoms with Crippen LogP contribution in [0.4, 0.5) is 4.79 Å². The minimum absolute atomic E-state index is 0.236. The first kappa shape index (κ1) is 20.9. The summed E-state index contributed by atoms with van der Waals surface area (Å²) in [6, 6.07) is 19.1. The van der Waals surface area contributed by atoms with Crippen molar-refractivity contribution in [3.63, 3.8) is 0 Å². The lowest BCUT2D eigenvalue weighted by atomic mass is 10.2. The van der Waals surface area contributed by atoms with E-state index in [-0.39, 0.29) is 6.03 Å². The fourth-order valence-corrected chi connectivity index (χ4v) is 2.87. The molecule has 1 atom stereocenters. The van der Waals surface area contributed by atoms with Gasteiger partial charge in [-0.15, -0.1) is 0 Å². The van der Waals surface area contributed by atoms with Crippen molar-refractivity contribution in [2.24, 2.45) is 0 Å². The van der Waals surface area contributed by atoms with E-state index >= 15 is 0 Å². The highest BCUT2D eigenvalue weighted by molar-refractivity contribution is 5.73. The number of rotatable bonds is 9. The third-order valence-electron chi connectivity index (χ3n) is 4.50. The second kappa shape index (κ2) is 10.7. The van der Waals surface area contributed by atoms with Crippen LogP contribution in [-0.2, 0) is 13.0 Å². The normalized spacial score (nSPS) is 11.3. The second-order valence-corrected chi connectivity index (χ2v) is 6.78. The number of hydrogen-bond acceptors (Lipinski definition) is 4. The van der Waals surface area contributed by atoms with Crippen molar-refractivity contribution in [3.8, 4) is 17.5 Å². The molecule has 30 heavy (non-hydrogen) atoms. The highest BCUT2D eigenvalue weighted by Gasteiger charge is 2.07. The van der Waals surface area contributed by atoms with Crippen molar-refractivity contribution in [2.75, 3.05) is 6.54 Å². The summed E-state index contributed by atoms with van der Waals surface area (Å²) in [7, 11) is 0. The summed E-state index contributed by atoms with van der Waals surface area (Å²) >= 11 is 0. The largest absolute Gasteiger partial charge is 0.476 e. The van der Waals surface area contributed by atoms with E-state index in [1.165, 1.54) is 0 Å². The molecule has 0 saturated carbocycles. The van der Waals surface area contributed by atoms with Crippen LogP contribution in [0.1, 0.15) is 24.5 Å². The van der Waals surface area contributed by atoms with Gasteiger partial charge in [0.1, 0.15) is 11.8 Å². The van der Waals surface area contributed by atoms with Crippen LogP contribution in [0.15, 0.2) is 67.0 Å². The van der Waals surface area contributed by atoms with Crippen LogP contribution < -0.4 is 15.4 Å². The maximum absolute atomic E-state index is 12.1. The maximum atomic E-state index is 12.1. The molecule has 1 aromatic heterocycles. The van der Waals surface area contributed by atoms with Gasteiger partial charge in [-0.25, -0.2) is 9.48 Å². The van der Waals surface area contributed by atoms with Gasteiger partial charge in [0.2, 0.25) is 0 Å². The lowest BCUT2D eigenvalue weighted by Gasteiger charge is -2.12. The Kier molecular flexibility index (Phi) is 7.45. The zero-order valence-corrected chi connectivity index (χ0v) is 16.9. The first-order chi connectivity index (χ1) is 14.7. The molecule has 0 radical (unpaired) electrons. The molecule has 1 heterocycles. The summed E-state index contributed by atoms with van der Waals surface area (Å²) in [5, 5.41) is 19.1. The van der Waals surface area contributed by atoms with E-state index in [4.69, 9.17) is 10.00 Å².